The third-order valence-corrected chi connectivity index (χ3v) is 3.51. The monoisotopic (exact) mass is 285 g/mol. The van der Waals surface area contributed by atoms with Crippen molar-refractivity contribution in [2.45, 2.75) is 51.6 Å². The van der Waals surface area contributed by atoms with Gasteiger partial charge in [0.2, 0.25) is 5.91 Å². The van der Waals surface area contributed by atoms with Crippen molar-refractivity contribution in [1.29, 1.82) is 0 Å². The molecule has 1 rings (SSSR count). The van der Waals surface area contributed by atoms with E-state index in [0.717, 1.165) is 25.7 Å². The largest absolute Gasteiger partial charge is 0.480 e. The first kappa shape index (κ1) is 16.3. The van der Waals surface area contributed by atoms with Gasteiger partial charge in [0.15, 0.2) is 0 Å². The van der Waals surface area contributed by atoms with Gasteiger partial charge < -0.3 is 20.6 Å². The molecule has 0 heterocycles. The maximum absolute atomic E-state index is 12.5. The van der Waals surface area contributed by atoms with E-state index in [1.807, 2.05) is 0 Å². The molecule has 0 radical (unpaired) electrons. The summed E-state index contributed by atoms with van der Waals surface area (Å²) in [4.78, 5) is 37.3. The average Bonchev–Trinajstić information content (AvgIpc) is 2.85. The number of carbonyl (C=O) groups is 3. The van der Waals surface area contributed by atoms with Crippen molar-refractivity contribution in [3.05, 3.63) is 0 Å². The SMILES string of the molecule is CC(C)N(CC(N)=O)C(=O)N(CC(=O)O)C1CCCC1. The molecule has 0 bridgehead atoms. The number of primary amides is 1. The summed E-state index contributed by atoms with van der Waals surface area (Å²) in [6.07, 6.45) is 3.60. The van der Waals surface area contributed by atoms with E-state index in [0.29, 0.717) is 0 Å². The Labute approximate surface area is 118 Å². The molecule has 3 amide bonds. The summed E-state index contributed by atoms with van der Waals surface area (Å²) in [5.41, 5.74) is 5.16. The molecule has 1 saturated carbocycles. The lowest BCUT2D eigenvalue weighted by atomic mass is 10.2. The molecule has 0 aromatic heterocycles. The van der Waals surface area contributed by atoms with Crippen molar-refractivity contribution >= 4 is 17.9 Å². The fraction of sp³-hybridized carbons (Fsp3) is 0.769. The third kappa shape index (κ3) is 4.40. The molecule has 0 aromatic rings. The molecule has 7 heteroatoms. The van der Waals surface area contributed by atoms with Crippen LogP contribution in [0.5, 0.6) is 0 Å². The van der Waals surface area contributed by atoms with Gasteiger partial charge >= 0.3 is 12.0 Å². The normalized spacial score (nSPS) is 15.3. The van der Waals surface area contributed by atoms with Crippen LogP contribution in [-0.4, -0.2) is 58.0 Å². The Hall–Kier alpha value is -1.79. The first-order chi connectivity index (χ1) is 9.32. The minimum Gasteiger partial charge on any atom is -0.480 e. The second kappa shape index (κ2) is 7.12. The predicted molar refractivity (Wildman–Crippen MR) is 73.0 cm³/mol. The molecule has 20 heavy (non-hydrogen) atoms. The summed E-state index contributed by atoms with van der Waals surface area (Å²) in [6.45, 7) is 3.01. The highest BCUT2D eigenvalue weighted by Gasteiger charge is 2.32. The van der Waals surface area contributed by atoms with Crippen LogP contribution in [-0.2, 0) is 9.59 Å². The minimum atomic E-state index is -1.05. The zero-order valence-electron chi connectivity index (χ0n) is 12.0. The molecule has 0 unspecified atom stereocenters. The van der Waals surface area contributed by atoms with E-state index in [1.165, 1.54) is 9.80 Å². The van der Waals surface area contributed by atoms with E-state index < -0.39 is 17.9 Å². The summed E-state index contributed by atoms with van der Waals surface area (Å²) in [5, 5.41) is 8.99. The Kier molecular flexibility index (Phi) is 5.79. The van der Waals surface area contributed by atoms with Crippen molar-refractivity contribution in [3.63, 3.8) is 0 Å². The minimum absolute atomic E-state index is 0.0623. The summed E-state index contributed by atoms with van der Waals surface area (Å²) in [6, 6.07) is -0.700. The van der Waals surface area contributed by atoms with Gasteiger partial charge in [-0.05, 0) is 26.7 Å². The first-order valence-electron chi connectivity index (χ1n) is 6.90. The summed E-state index contributed by atoms with van der Waals surface area (Å²) < 4.78 is 0. The van der Waals surface area contributed by atoms with E-state index in [4.69, 9.17) is 10.8 Å². The number of amides is 3. The summed E-state index contributed by atoms with van der Waals surface area (Å²) in [5.74, 6) is -1.65. The van der Waals surface area contributed by atoms with Gasteiger partial charge in [0.05, 0.1) is 0 Å². The molecule has 3 N–H and O–H groups in total. The van der Waals surface area contributed by atoms with Gasteiger partial charge in [0.25, 0.3) is 0 Å². The molecule has 114 valence electrons. The third-order valence-electron chi connectivity index (χ3n) is 3.51. The van der Waals surface area contributed by atoms with Crippen LogP contribution in [0.2, 0.25) is 0 Å². The van der Waals surface area contributed by atoms with E-state index in [1.54, 1.807) is 13.8 Å². The molecule has 0 atom stereocenters. The van der Waals surface area contributed by atoms with Crippen molar-refractivity contribution in [2.75, 3.05) is 13.1 Å². The molecular weight excluding hydrogens is 262 g/mol. The van der Waals surface area contributed by atoms with Crippen molar-refractivity contribution < 1.29 is 19.5 Å². The standard InChI is InChI=1S/C13H23N3O4/c1-9(2)15(7-11(14)17)13(20)16(8-12(18)19)10-5-3-4-6-10/h9-10H,3-8H2,1-2H3,(H2,14,17)(H,18,19). The maximum atomic E-state index is 12.5. The number of nitrogens with zero attached hydrogens (tertiary/aromatic N) is 2. The Morgan fingerprint density at radius 1 is 1.20 bits per heavy atom. The van der Waals surface area contributed by atoms with Crippen LogP contribution < -0.4 is 5.73 Å². The smallest absolute Gasteiger partial charge is 0.323 e. The Morgan fingerprint density at radius 3 is 2.15 bits per heavy atom. The highest BCUT2D eigenvalue weighted by molar-refractivity contribution is 5.85. The number of carboxylic acids is 1. The number of urea groups is 1. The molecule has 1 aliphatic carbocycles. The fourth-order valence-electron chi connectivity index (χ4n) is 2.52. The van der Waals surface area contributed by atoms with E-state index >= 15 is 0 Å². The lowest BCUT2D eigenvalue weighted by Gasteiger charge is -2.35. The average molecular weight is 285 g/mol. The van der Waals surface area contributed by atoms with Crippen molar-refractivity contribution in [1.82, 2.24) is 9.80 Å². The highest BCUT2D eigenvalue weighted by Crippen LogP contribution is 2.24. The van der Waals surface area contributed by atoms with Gasteiger partial charge in [-0.25, -0.2) is 4.79 Å². The van der Waals surface area contributed by atoms with Gasteiger partial charge in [0, 0.05) is 12.1 Å². The maximum Gasteiger partial charge on any atom is 0.323 e. The zero-order chi connectivity index (χ0) is 15.3. The highest BCUT2D eigenvalue weighted by atomic mass is 16.4. The molecule has 7 nitrogen and oxygen atoms in total. The Bertz CT molecular complexity index is 378. The van der Waals surface area contributed by atoms with Crippen LogP contribution >= 0.6 is 0 Å². The molecule has 0 saturated heterocycles. The number of nitrogens with two attached hydrogens (primary N) is 1. The molecule has 1 aliphatic rings. The molecule has 1 fully saturated rings. The van der Waals surface area contributed by atoms with E-state index in [9.17, 15) is 14.4 Å². The van der Waals surface area contributed by atoms with Crippen LogP contribution in [0, 0.1) is 0 Å². The van der Waals surface area contributed by atoms with Crippen molar-refractivity contribution in [3.8, 4) is 0 Å². The van der Waals surface area contributed by atoms with Crippen molar-refractivity contribution in [2.24, 2.45) is 5.73 Å². The lowest BCUT2D eigenvalue weighted by molar-refractivity contribution is -0.138. The number of hydrogen-bond acceptors (Lipinski definition) is 3. The van der Waals surface area contributed by atoms with Crippen LogP contribution in [0.4, 0.5) is 4.79 Å². The van der Waals surface area contributed by atoms with Gasteiger partial charge in [0.1, 0.15) is 13.1 Å². The molecule has 0 spiro atoms. The second-order valence-electron chi connectivity index (χ2n) is 5.43. The molecule has 0 aliphatic heterocycles. The van der Waals surface area contributed by atoms with Gasteiger partial charge in [-0.1, -0.05) is 12.8 Å². The van der Waals surface area contributed by atoms with Gasteiger partial charge in [-0.3, -0.25) is 9.59 Å². The van der Waals surface area contributed by atoms with Crippen LogP contribution in [0.15, 0.2) is 0 Å². The number of aliphatic carboxylic acids is 1. The number of rotatable bonds is 6. The zero-order valence-corrected chi connectivity index (χ0v) is 12.0. The first-order valence-corrected chi connectivity index (χ1v) is 6.90. The summed E-state index contributed by atoms with van der Waals surface area (Å²) in [7, 11) is 0. The number of carboxylic acid groups (broad SMARTS) is 1. The van der Waals surface area contributed by atoms with Crippen LogP contribution in [0.25, 0.3) is 0 Å². The van der Waals surface area contributed by atoms with E-state index in [-0.39, 0.29) is 25.2 Å². The quantitative estimate of drug-likeness (QED) is 0.747. The number of carbonyl (C=O) groups excluding carboxylic acids is 2. The van der Waals surface area contributed by atoms with Crippen LogP contribution in [0.3, 0.4) is 0 Å². The summed E-state index contributed by atoms with van der Waals surface area (Å²) >= 11 is 0. The van der Waals surface area contributed by atoms with Gasteiger partial charge in [-0.2, -0.15) is 0 Å². The predicted octanol–water partition coefficient (Wildman–Crippen LogP) is 0.631. The topological polar surface area (TPSA) is 104 Å². The Balaban J connectivity index is 2.88. The number of hydrogen-bond donors (Lipinski definition) is 2. The van der Waals surface area contributed by atoms with Crippen LogP contribution in [0.1, 0.15) is 39.5 Å². The van der Waals surface area contributed by atoms with E-state index in [2.05, 4.69) is 0 Å². The fourth-order valence-corrected chi connectivity index (χ4v) is 2.52. The lowest BCUT2D eigenvalue weighted by Crippen LogP contribution is -2.53. The Morgan fingerprint density at radius 2 is 1.75 bits per heavy atom. The second-order valence-corrected chi connectivity index (χ2v) is 5.43. The van der Waals surface area contributed by atoms with Gasteiger partial charge in [-0.15, -0.1) is 0 Å². The molecule has 0 aromatic carbocycles. The molecular formula is C13H23N3O4.